The van der Waals surface area contributed by atoms with Crippen molar-refractivity contribution >= 4 is 21.8 Å². The third-order valence-electron chi connectivity index (χ3n) is 2.85. The van der Waals surface area contributed by atoms with E-state index in [1.54, 1.807) is 0 Å². The molecule has 0 unspecified atom stereocenters. The molecule has 1 atom stereocenters. The fourth-order valence-electron chi connectivity index (χ4n) is 1.75. The van der Waals surface area contributed by atoms with Gasteiger partial charge in [0.25, 0.3) is 0 Å². The average molecular weight is 319 g/mol. The molecule has 0 aliphatic rings. The predicted octanol–water partition coefficient (Wildman–Crippen LogP) is 2.77. The smallest absolute Gasteiger partial charge is 0.241 e. The van der Waals surface area contributed by atoms with Crippen LogP contribution in [-0.2, 0) is 11.3 Å². The normalized spacial score (nSPS) is 11.9. The first-order valence-corrected chi connectivity index (χ1v) is 6.79. The SMILES string of the molecule is N[C@@H](C(=O)NCc1ccccc1Br)c1ccccc1. The van der Waals surface area contributed by atoms with E-state index in [1.807, 2.05) is 54.6 Å². The molecule has 0 heterocycles. The van der Waals surface area contributed by atoms with Gasteiger partial charge in [-0.1, -0.05) is 64.5 Å². The fourth-order valence-corrected chi connectivity index (χ4v) is 2.17. The molecule has 19 heavy (non-hydrogen) atoms. The summed E-state index contributed by atoms with van der Waals surface area (Å²) in [7, 11) is 0. The third kappa shape index (κ3) is 3.66. The molecule has 2 rings (SSSR count). The maximum atomic E-state index is 12.0. The highest BCUT2D eigenvalue weighted by Crippen LogP contribution is 2.16. The summed E-state index contributed by atoms with van der Waals surface area (Å²) in [5.74, 6) is -0.179. The molecule has 0 fully saturated rings. The molecule has 0 saturated carbocycles. The van der Waals surface area contributed by atoms with Crippen molar-refractivity contribution < 1.29 is 4.79 Å². The molecule has 4 heteroatoms. The zero-order valence-corrected chi connectivity index (χ0v) is 11.9. The molecule has 0 spiro atoms. The number of carbonyl (C=O) groups excluding carboxylic acids is 1. The van der Waals surface area contributed by atoms with Gasteiger partial charge in [-0.05, 0) is 17.2 Å². The van der Waals surface area contributed by atoms with Gasteiger partial charge in [-0.15, -0.1) is 0 Å². The van der Waals surface area contributed by atoms with Crippen molar-refractivity contribution in [3.05, 3.63) is 70.2 Å². The van der Waals surface area contributed by atoms with Crippen LogP contribution >= 0.6 is 15.9 Å². The van der Waals surface area contributed by atoms with E-state index in [2.05, 4.69) is 21.2 Å². The molecule has 0 saturated heterocycles. The lowest BCUT2D eigenvalue weighted by molar-refractivity contribution is -0.122. The highest BCUT2D eigenvalue weighted by Gasteiger charge is 2.14. The van der Waals surface area contributed by atoms with Crippen LogP contribution in [0.3, 0.4) is 0 Å². The van der Waals surface area contributed by atoms with Crippen LogP contribution in [-0.4, -0.2) is 5.91 Å². The molecule has 2 aromatic rings. The van der Waals surface area contributed by atoms with Crippen molar-refractivity contribution in [2.75, 3.05) is 0 Å². The average Bonchev–Trinajstić information content (AvgIpc) is 2.46. The molecule has 0 aromatic heterocycles. The van der Waals surface area contributed by atoms with E-state index in [-0.39, 0.29) is 5.91 Å². The van der Waals surface area contributed by atoms with Crippen LogP contribution in [0.5, 0.6) is 0 Å². The number of hydrogen-bond acceptors (Lipinski definition) is 2. The van der Waals surface area contributed by atoms with Crippen LogP contribution < -0.4 is 11.1 Å². The van der Waals surface area contributed by atoms with Gasteiger partial charge in [-0.25, -0.2) is 0 Å². The number of hydrogen-bond donors (Lipinski definition) is 2. The molecule has 3 N–H and O–H groups in total. The molecule has 2 aromatic carbocycles. The van der Waals surface area contributed by atoms with Crippen LogP contribution in [0.2, 0.25) is 0 Å². The maximum absolute atomic E-state index is 12.0. The summed E-state index contributed by atoms with van der Waals surface area (Å²) in [5.41, 5.74) is 7.75. The minimum Gasteiger partial charge on any atom is -0.350 e. The Morgan fingerprint density at radius 2 is 1.74 bits per heavy atom. The van der Waals surface area contributed by atoms with Gasteiger partial charge in [0.1, 0.15) is 6.04 Å². The Labute approximate surface area is 121 Å². The second kappa shape index (κ2) is 6.50. The van der Waals surface area contributed by atoms with Crippen LogP contribution in [0.15, 0.2) is 59.1 Å². The fraction of sp³-hybridized carbons (Fsp3) is 0.133. The van der Waals surface area contributed by atoms with E-state index in [9.17, 15) is 4.79 Å². The second-order valence-electron chi connectivity index (χ2n) is 4.20. The zero-order chi connectivity index (χ0) is 13.7. The van der Waals surface area contributed by atoms with Crippen molar-refractivity contribution in [2.24, 2.45) is 5.73 Å². The quantitative estimate of drug-likeness (QED) is 0.910. The van der Waals surface area contributed by atoms with Crippen molar-refractivity contribution in [3.8, 4) is 0 Å². The summed E-state index contributed by atoms with van der Waals surface area (Å²) in [6.45, 7) is 0.459. The maximum Gasteiger partial charge on any atom is 0.241 e. The van der Waals surface area contributed by atoms with Gasteiger partial charge in [0.05, 0.1) is 0 Å². The van der Waals surface area contributed by atoms with Gasteiger partial charge in [-0.2, -0.15) is 0 Å². The molecule has 3 nitrogen and oxygen atoms in total. The summed E-state index contributed by atoms with van der Waals surface area (Å²) in [6.07, 6.45) is 0. The summed E-state index contributed by atoms with van der Waals surface area (Å²) in [6, 6.07) is 16.5. The first-order chi connectivity index (χ1) is 9.18. The molecule has 0 bridgehead atoms. The lowest BCUT2D eigenvalue weighted by atomic mass is 10.1. The molecule has 98 valence electrons. The number of carbonyl (C=O) groups is 1. The Kier molecular flexibility index (Phi) is 4.71. The van der Waals surface area contributed by atoms with E-state index in [4.69, 9.17) is 5.73 Å². The minimum absolute atomic E-state index is 0.179. The van der Waals surface area contributed by atoms with Gasteiger partial charge in [-0.3, -0.25) is 4.79 Å². The van der Waals surface area contributed by atoms with Gasteiger partial charge >= 0.3 is 0 Å². The van der Waals surface area contributed by atoms with Crippen molar-refractivity contribution in [2.45, 2.75) is 12.6 Å². The van der Waals surface area contributed by atoms with Gasteiger partial charge in [0, 0.05) is 11.0 Å². The van der Waals surface area contributed by atoms with Crippen molar-refractivity contribution in [1.29, 1.82) is 0 Å². The number of halogens is 1. The third-order valence-corrected chi connectivity index (χ3v) is 3.63. The Morgan fingerprint density at radius 3 is 2.42 bits per heavy atom. The highest BCUT2D eigenvalue weighted by atomic mass is 79.9. The minimum atomic E-state index is -0.635. The van der Waals surface area contributed by atoms with Crippen LogP contribution in [0.4, 0.5) is 0 Å². The lowest BCUT2D eigenvalue weighted by Gasteiger charge is -2.13. The summed E-state index contributed by atoms with van der Waals surface area (Å²) >= 11 is 3.45. The standard InChI is InChI=1S/C15H15BrN2O/c16-13-9-5-4-8-12(13)10-18-15(19)14(17)11-6-2-1-3-7-11/h1-9,14H,10,17H2,(H,18,19)/t14-/m1/s1. The Morgan fingerprint density at radius 1 is 1.11 bits per heavy atom. The summed E-state index contributed by atoms with van der Waals surface area (Å²) in [4.78, 5) is 12.0. The zero-order valence-electron chi connectivity index (χ0n) is 10.3. The topological polar surface area (TPSA) is 55.1 Å². The molecular weight excluding hydrogens is 304 g/mol. The Balaban J connectivity index is 1.97. The van der Waals surface area contributed by atoms with E-state index < -0.39 is 6.04 Å². The molecule has 0 aliphatic heterocycles. The first-order valence-electron chi connectivity index (χ1n) is 6.00. The van der Waals surface area contributed by atoms with E-state index >= 15 is 0 Å². The molecule has 0 aliphatic carbocycles. The van der Waals surface area contributed by atoms with Crippen LogP contribution in [0, 0.1) is 0 Å². The second-order valence-corrected chi connectivity index (χ2v) is 5.05. The number of benzene rings is 2. The predicted molar refractivity (Wildman–Crippen MR) is 79.4 cm³/mol. The Bertz CT molecular complexity index is 557. The first kappa shape index (κ1) is 13.8. The van der Waals surface area contributed by atoms with Gasteiger partial charge < -0.3 is 11.1 Å². The molecular formula is C15H15BrN2O. The largest absolute Gasteiger partial charge is 0.350 e. The number of nitrogens with one attached hydrogen (secondary N) is 1. The summed E-state index contributed by atoms with van der Waals surface area (Å²) < 4.78 is 0.976. The van der Waals surface area contributed by atoms with Crippen molar-refractivity contribution in [1.82, 2.24) is 5.32 Å². The van der Waals surface area contributed by atoms with E-state index in [1.165, 1.54) is 0 Å². The molecule has 0 radical (unpaired) electrons. The van der Waals surface area contributed by atoms with E-state index in [0.717, 1.165) is 15.6 Å². The van der Waals surface area contributed by atoms with E-state index in [0.29, 0.717) is 6.54 Å². The molecule has 1 amide bonds. The van der Waals surface area contributed by atoms with Crippen molar-refractivity contribution in [3.63, 3.8) is 0 Å². The number of amides is 1. The Hall–Kier alpha value is -1.65. The summed E-state index contributed by atoms with van der Waals surface area (Å²) in [5, 5.41) is 2.84. The lowest BCUT2D eigenvalue weighted by Crippen LogP contribution is -2.33. The monoisotopic (exact) mass is 318 g/mol. The number of nitrogens with two attached hydrogens (primary N) is 1. The van der Waals surface area contributed by atoms with Crippen LogP contribution in [0.25, 0.3) is 0 Å². The number of rotatable bonds is 4. The van der Waals surface area contributed by atoms with Gasteiger partial charge in [0.2, 0.25) is 5.91 Å². The van der Waals surface area contributed by atoms with Gasteiger partial charge in [0.15, 0.2) is 0 Å². The highest BCUT2D eigenvalue weighted by molar-refractivity contribution is 9.10. The van der Waals surface area contributed by atoms with Crippen LogP contribution in [0.1, 0.15) is 17.2 Å².